The fourth-order valence-electron chi connectivity index (χ4n) is 0.398. The molecule has 0 aliphatic heterocycles. The second kappa shape index (κ2) is 4.30. The summed E-state index contributed by atoms with van der Waals surface area (Å²) >= 11 is 3.35. The van der Waals surface area contributed by atoms with Crippen molar-refractivity contribution in [2.45, 2.75) is 24.8 Å². The second-order valence-electron chi connectivity index (χ2n) is 1.76. The van der Waals surface area contributed by atoms with Gasteiger partial charge in [0.1, 0.15) is 0 Å². The Balaban J connectivity index is 3.17. The second-order valence-corrected chi connectivity index (χ2v) is 3.21. The molecule has 0 saturated heterocycles. The first-order chi connectivity index (χ1) is 3.68. The first-order valence-electron chi connectivity index (χ1n) is 2.81. The summed E-state index contributed by atoms with van der Waals surface area (Å²) in [5.41, 5.74) is 5.57. The number of hydrogen-bond donors (Lipinski definition) is 2. The third-order valence-electron chi connectivity index (χ3n) is 0.935. The van der Waals surface area contributed by atoms with E-state index >= 15 is 0 Å². The molecule has 0 aliphatic rings. The van der Waals surface area contributed by atoms with Gasteiger partial charge in [0.2, 0.25) is 0 Å². The van der Waals surface area contributed by atoms with Gasteiger partial charge in [-0.25, -0.2) is 0 Å². The van der Waals surface area contributed by atoms with E-state index in [2.05, 4.69) is 21.2 Å². The monoisotopic (exact) mass is 180 g/mol. The van der Waals surface area contributed by atoms with Crippen LogP contribution in [0.5, 0.6) is 0 Å². The maximum atomic E-state index is 5.57. The van der Waals surface area contributed by atoms with Gasteiger partial charge in [-0.2, -0.15) is 0 Å². The number of nitrogens with two attached hydrogens (primary N) is 1. The molecule has 50 valence electrons. The highest BCUT2D eigenvalue weighted by Crippen LogP contribution is 1.97. The molecule has 0 aliphatic carbocycles. The number of hydrogen-bond acceptors (Lipinski definition) is 2. The molecule has 2 atom stereocenters. The standard InChI is InChI=1S/C5H13BrN2/c1-3-8-5(7)4(2)6/h4-5,8H,3,7H2,1-2H3/t4-,5?/m1/s1. The van der Waals surface area contributed by atoms with Crippen LogP contribution in [-0.4, -0.2) is 17.5 Å². The van der Waals surface area contributed by atoms with Crippen LogP contribution in [0, 0.1) is 0 Å². The summed E-state index contributed by atoms with van der Waals surface area (Å²) in [6, 6.07) is 0. The fraction of sp³-hybridized carbons (Fsp3) is 1.00. The Morgan fingerprint density at radius 1 is 1.75 bits per heavy atom. The van der Waals surface area contributed by atoms with Crippen LogP contribution in [0.15, 0.2) is 0 Å². The van der Waals surface area contributed by atoms with Crippen LogP contribution in [0.2, 0.25) is 0 Å². The summed E-state index contributed by atoms with van der Waals surface area (Å²) in [5, 5.41) is 3.08. The van der Waals surface area contributed by atoms with E-state index in [4.69, 9.17) is 5.73 Å². The average molecular weight is 181 g/mol. The molecule has 0 bridgehead atoms. The van der Waals surface area contributed by atoms with Crippen LogP contribution in [0.25, 0.3) is 0 Å². The smallest absolute Gasteiger partial charge is 0.0672 e. The minimum Gasteiger partial charge on any atom is -0.315 e. The molecular weight excluding hydrogens is 168 g/mol. The molecule has 0 radical (unpaired) electrons. The first-order valence-corrected chi connectivity index (χ1v) is 3.73. The summed E-state index contributed by atoms with van der Waals surface area (Å²) < 4.78 is 0. The normalized spacial score (nSPS) is 18.0. The van der Waals surface area contributed by atoms with Crippen molar-refractivity contribution in [2.24, 2.45) is 5.73 Å². The lowest BCUT2D eigenvalue weighted by Crippen LogP contribution is -2.42. The fourth-order valence-corrected chi connectivity index (χ4v) is 0.585. The lowest BCUT2D eigenvalue weighted by atomic mass is 10.4. The average Bonchev–Trinajstić information content (AvgIpc) is 1.67. The van der Waals surface area contributed by atoms with Gasteiger partial charge >= 0.3 is 0 Å². The summed E-state index contributed by atoms with van der Waals surface area (Å²) in [5.74, 6) is 0. The largest absolute Gasteiger partial charge is 0.315 e. The lowest BCUT2D eigenvalue weighted by molar-refractivity contribution is 0.546. The van der Waals surface area contributed by atoms with Crippen LogP contribution in [0.3, 0.4) is 0 Å². The van der Waals surface area contributed by atoms with Gasteiger partial charge in [0.15, 0.2) is 0 Å². The molecule has 0 aromatic heterocycles. The molecule has 8 heavy (non-hydrogen) atoms. The van der Waals surface area contributed by atoms with E-state index in [0.717, 1.165) is 6.54 Å². The quantitative estimate of drug-likeness (QED) is 0.496. The van der Waals surface area contributed by atoms with Crippen molar-refractivity contribution < 1.29 is 0 Å². The van der Waals surface area contributed by atoms with Gasteiger partial charge in [-0.3, -0.25) is 0 Å². The Kier molecular flexibility index (Phi) is 4.51. The minimum absolute atomic E-state index is 0.0833. The molecule has 0 saturated carbocycles. The molecule has 0 aromatic rings. The van der Waals surface area contributed by atoms with Crippen LogP contribution in [0.1, 0.15) is 13.8 Å². The maximum absolute atomic E-state index is 5.57. The SMILES string of the molecule is CCNC(N)[C@@H](C)Br. The van der Waals surface area contributed by atoms with Gasteiger partial charge in [-0.1, -0.05) is 22.9 Å². The van der Waals surface area contributed by atoms with E-state index in [-0.39, 0.29) is 6.17 Å². The van der Waals surface area contributed by atoms with E-state index in [1.165, 1.54) is 0 Å². The molecule has 1 unspecified atom stereocenters. The van der Waals surface area contributed by atoms with Gasteiger partial charge < -0.3 is 11.1 Å². The van der Waals surface area contributed by atoms with Crippen LogP contribution < -0.4 is 11.1 Å². The Morgan fingerprint density at radius 3 is 2.38 bits per heavy atom. The Hall–Kier alpha value is 0.400. The first kappa shape index (κ1) is 8.40. The number of halogens is 1. The summed E-state index contributed by atoms with van der Waals surface area (Å²) in [6.07, 6.45) is 0.0833. The molecule has 3 heteroatoms. The van der Waals surface area contributed by atoms with Crippen LogP contribution >= 0.6 is 15.9 Å². The van der Waals surface area contributed by atoms with Crippen molar-refractivity contribution in [1.82, 2.24) is 5.32 Å². The topological polar surface area (TPSA) is 38.0 Å². The van der Waals surface area contributed by atoms with Gasteiger partial charge in [0.25, 0.3) is 0 Å². The van der Waals surface area contributed by atoms with Crippen LogP contribution in [0.4, 0.5) is 0 Å². The minimum atomic E-state index is 0.0833. The summed E-state index contributed by atoms with van der Waals surface area (Å²) in [4.78, 5) is 0.349. The zero-order valence-corrected chi connectivity index (χ0v) is 6.90. The van der Waals surface area contributed by atoms with Crippen molar-refractivity contribution in [3.8, 4) is 0 Å². The van der Waals surface area contributed by atoms with Crippen LogP contribution in [-0.2, 0) is 0 Å². The van der Waals surface area contributed by atoms with Gasteiger partial charge in [0.05, 0.1) is 6.17 Å². The van der Waals surface area contributed by atoms with E-state index in [1.807, 2.05) is 13.8 Å². The molecule has 0 fully saturated rings. The molecule has 0 spiro atoms. The predicted octanol–water partition coefficient (Wildman–Crippen LogP) is 0.664. The molecule has 3 N–H and O–H groups in total. The molecule has 0 heterocycles. The van der Waals surface area contributed by atoms with Gasteiger partial charge in [0, 0.05) is 4.83 Å². The number of nitrogens with one attached hydrogen (secondary N) is 1. The maximum Gasteiger partial charge on any atom is 0.0672 e. The Bertz CT molecular complexity index is 56.4. The van der Waals surface area contributed by atoms with Crippen molar-refractivity contribution in [3.05, 3.63) is 0 Å². The van der Waals surface area contributed by atoms with E-state index in [0.29, 0.717) is 4.83 Å². The highest BCUT2D eigenvalue weighted by atomic mass is 79.9. The van der Waals surface area contributed by atoms with Crippen molar-refractivity contribution in [2.75, 3.05) is 6.54 Å². The van der Waals surface area contributed by atoms with E-state index < -0.39 is 0 Å². The summed E-state index contributed by atoms with van der Waals surface area (Å²) in [6.45, 7) is 4.99. The zero-order valence-electron chi connectivity index (χ0n) is 5.32. The van der Waals surface area contributed by atoms with Gasteiger partial charge in [-0.15, -0.1) is 0 Å². The Morgan fingerprint density at radius 2 is 2.25 bits per heavy atom. The predicted molar refractivity (Wildman–Crippen MR) is 40.0 cm³/mol. The number of alkyl halides is 1. The molecular formula is C5H13BrN2. The molecule has 2 nitrogen and oxygen atoms in total. The summed E-state index contributed by atoms with van der Waals surface area (Å²) in [7, 11) is 0. The van der Waals surface area contributed by atoms with Crippen molar-refractivity contribution >= 4 is 15.9 Å². The third-order valence-corrected chi connectivity index (χ3v) is 1.50. The van der Waals surface area contributed by atoms with Crippen molar-refractivity contribution in [3.63, 3.8) is 0 Å². The highest BCUT2D eigenvalue weighted by molar-refractivity contribution is 9.09. The number of rotatable bonds is 3. The van der Waals surface area contributed by atoms with E-state index in [1.54, 1.807) is 0 Å². The Labute approximate surface area is 59.0 Å². The molecule has 0 aromatic carbocycles. The highest BCUT2D eigenvalue weighted by Gasteiger charge is 2.04. The van der Waals surface area contributed by atoms with Gasteiger partial charge in [-0.05, 0) is 13.5 Å². The zero-order chi connectivity index (χ0) is 6.57. The van der Waals surface area contributed by atoms with E-state index in [9.17, 15) is 0 Å². The molecule has 0 rings (SSSR count). The van der Waals surface area contributed by atoms with Crippen molar-refractivity contribution in [1.29, 1.82) is 0 Å². The molecule has 0 amide bonds. The lowest BCUT2D eigenvalue weighted by Gasteiger charge is -2.13. The third kappa shape index (κ3) is 3.41.